The van der Waals surface area contributed by atoms with E-state index in [-0.39, 0.29) is 53.8 Å². The van der Waals surface area contributed by atoms with E-state index in [2.05, 4.69) is 16.0 Å². The Hall–Kier alpha value is -4.42. The molecule has 5 heterocycles. The number of carboxylic acid groups (broad SMARTS) is 1. The molecule has 2 aliphatic heterocycles. The van der Waals surface area contributed by atoms with Crippen LogP contribution in [0.2, 0.25) is 0 Å². The number of carbonyl (C=O) groups excluding carboxylic acids is 3. The van der Waals surface area contributed by atoms with Crippen LogP contribution in [0.4, 0.5) is 13.2 Å². The van der Waals surface area contributed by atoms with Crippen molar-refractivity contribution in [3.05, 3.63) is 46.2 Å². The second-order valence-corrected chi connectivity index (χ2v) is 12.6. The number of aliphatic hydroxyl groups excluding tert-OH is 1. The number of rotatable bonds is 4. The number of nitrogens with zero attached hydrogens (tertiary/aromatic N) is 5. The zero-order valence-electron chi connectivity index (χ0n) is 23.7. The van der Waals surface area contributed by atoms with Gasteiger partial charge in [-0.3, -0.25) is 24.3 Å². The molecule has 3 aliphatic rings. The number of aliphatic carboxylic acids is 1. The first kappa shape index (κ1) is 31.0. The lowest BCUT2D eigenvalue weighted by Gasteiger charge is -2.20. The minimum Gasteiger partial charge on any atom is -0.475 e. The number of alkyl halides is 3. The molecule has 3 fully saturated rings. The van der Waals surface area contributed by atoms with Crippen molar-refractivity contribution in [1.82, 2.24) is 19.8 Å². The Morgan fingerprint density at radius 3 is 2.36 bits per heavy atom. The number of imide groups is 1. The van der Waals surface area contributed by atoms with Crippen molar-refractivity contribution in [3.8, 4) is 17.2 Å². The predicted octanol–water partition coefficient (Wildman–Crippen LogP) is 3.52. The summed E-state index contributed by atoms with van der Waals surface area (Å²) in [4.78, 5) is 60.7. The number of carboxylic acids is 1. The van der Waals surface area contributed by atoms with E-state index in [0.717, 1.165) is 15.1 Å². The fourth-order valence-electron chi connectivity index (χ4n) is 5.89. The highest BCUT2D eigenvalue weighted by Crippen LogP contribution is 2.63. The summed E-state index contributed by atoms with van der Waals surface area (Å²) in [5, 5.41) is 26.7. The van der Waals surface area contributed by atoms with Crippen LogP contribution in [0.3, 0.4) is 0 Å². The van der Waals surface area contributed by atoms with Gasteiger partial charge < -0.3 is 15.1 Å². The molecule has 1 aliphatic carbocycles. The number of amides is 3. The van der Waals surface area contributed by atoms with E-state index in [0.29, 0.717) is 35.3 Å². The number of pyridine rings is 2. The monoisotopic (exact) mass is 629 g/mol. The van der Waals surface area contributed by atoms with E-state index in [1.165, 1.54) is 16.2 Å². The van der Waals surface area contributed by atoms with Gasteiger partial charge in [-0.05, 0) is 37.0 Å². The Morgan fingerprint density at radius 2 is 1.82 bits per heavy atom. The number of β-amino-alcohol motifs (C(OH)–C–C–N with tert-alkyl or cyclic N) is 1. The number of hydrogen-bond acceptors (Lipinski definition) is 9. The highest BCUT2D eigenvalue weighted by atomic mass is 32.1. The third kappa shape index (κ3) is 5.39. The smallest absolute Gasteiger partial charge is 0.475 e. The molecule has 2 N–H and O–H groups in total. The molecule has 15 heteroatoms. The van der Waals surface area contributed by atoms with E-state index in [1.54, 1.807) is 30.2 Å². The van der Waals surface area contributed by atoms with Crippen LogP contribution in [-0.2, 0) is 20.9 Å². The molecular formula is C29H26F3N5O6S. The third-order valence-electron chi connectivity index (χ3n) is 8.18. The Morgan fingerprint density at radius 1 is 1.18 bits per heavy atom. The summed E-state index contributed by atoms with van der Waals surface area (Å²) < 4.78 is 32.5. The van der Waals surface area contributed by atoms with Crippen molar-refractivity contribution >= 4 is 45.2 Å². The van der Waals surface area contributed by atoms with Gasteiger partial charge in [0.15, 0.2) is 0 Å². The zero-order chi connectivity index (χ0) is 32.3. The quantitative estimate of drug-likeness (QED) is 0.411. The van der Waals surface area contributed by atoms with Gasteiger partial charge in [0.2, 0.25) is 11.8 Å². The van der Waals surface area contributed by atoms with Gasteiger partial charge in [0.25, 0.3) is 5.91 Å². The van der Waals surface area contributed by atoms with Crippen molar-refractivity contribution in [1.29, 1.82) is 5.26 Å². The number of carbonyl (C=O) groups is 4. The van der Waals surface area contributed by atoms with Crippen LogP contribution >= 0.6 is 11.3 Å². The molecule has 1 saturated carbocycles. The number of aromatic nitrogens is 2. The lowest BCUT2D eigenvalue weighted by molar-refractivity contribution is -0.192. The number of likely N-dealkylation sites (tertiary alicyclic amines) is 2. The molecule has 2 unspecified atom stereocenters. The van der Waals surface area contributed by atoms with Gasteiger partial charge in [0.05, 0.1) is 46.0 Å². The summed E-state index contributed by atoms with van der Waals surface area (Å²) in [6.45, 7) is 6.52. The van der Waals surface area contributed by atoms with Crippen LogP contribution in [0.15, 0.2) is 24.4 Å². The van der Waals surface area contributed by atoms with Gasteiger partial charge in [-0.15, -0.1) is 11.3 Å². The molecule has 0 spiro atoms. The number of nitriles is 1. The van der Waals surface area contributed by atoms with Gasteiger partial charge in [-0.2, -0.15) is 18.4 Å². The van der Waals surface area contributed by atoms with Crippen molar-refractivity contribution in [2.24, 2.45) is 17.3 Å². The van der Waals surface area contributed by atoms with Crippen LogP contribution in [0, 0.1) is 35.5 Å². The van der Waals surface area contributed by atoms with E-state index in [9.17, 15) is 37.9 Å². The Bertz CT molecular complexity index is 1740. The molecule has 0 bridgehead atoms. The first-order valence-corrected chi connectivity index (χ1v) is 14.3. The molecule has 2 saturated heterocycles. The average molecular weight is 630 g/mol. The maximum Gasteiger partial charge on any atom is 0.490 e. The lowest BCUT2D eigenvalue weighted by Crippen LogP contribution is -2.35. The Kier molecular flexibility index (Phi) is 7.71. The summed E-state index contributed by atoms with van der Waals surface area (Å²) in [6, 6.07) is 7.37. The van der Waals surface area contributed by atoms with E-state index in [4.69, 9.17) is 9.90 Å². The van der Waals surface area contributed by atoms with Crippen molar-refractivity contribution in [2.75, 3.05) is 13.1 Å². The Balaban J connectivity index is 0.000000493. The second kappa shape index (κ2) is 10.9. The van der Waals surface area contributed by atoms with Crippen LogP contribution in [0.25, 0.3) is 21.3 Å². The molecule has 3 aromatic rings. The highest BCUT2D eigenvalue weighted by Gasteiger charge is 2.72. The minimum absolute atomic E-state index is 0.116. The number of hydrogen-bond donors (Lipinski definition) is 2. The fraction of sp³-hybridized carbons (Fsp3) is 0.414. The number of piperidine rings is 1. The molecule has 230 valence electrons. The average Bonchev–Trinajstić information content (AvgIpc) is 3.33. The molecule has 0 aromatic carbocycles. The van der Waals surface area contributed by atoms with Gasteiger partial charge in [0.1, 0.15) is 11.8 Å². The first-order chi connectivity index (χ1) is 20.6. The van der Waals surface area contributed by atoms with Gasteiger partial charge >= 0.3 is 12.1 Å². The normalized spacial score (nSPS) is 22.0. The molecular weight excluding hydrogens is 603 g/mol. The standard InChI is InChI=1S/C27H25N5O4S.C2HF3O2/c1-13-20(24(34)31-7-5-15(33)11-31)18(8-14(10-28)30-13)17-4-6-29-19-9-16(37-23(17)19)12-32-25(35)21-22(26(32)36)27(21,2)3;3-2(4,5)1(6)7/h4,6,8-9,15,21-22,33H,5,7,11-12H2,1-3H3;(H,6,7)/t15-,21?,22?;/m0./s1. The maximum atomic E-state index is 13.5. The minimum atomic E-state index is -5.08. The summed E-state index contributed by atoms with van der Waals surface area (Å²) in [5.74, 6) is -3.69. The Labute approximate surface area is 252 Å². The largest absolute Gasteiger partial charge is 0.490 e. The molecule has 6 rings (SSSR count). The first-order valence-electron chi connectivity index (χ1n) is 13.5. The lowest BCUT2D eigenvalue weighted by atomic mass is 9.97. The molecule has 0 radical (unpaired) electrons. The molecule has 44 heavy (non-hydrogen) atoms. The summed E-state index contributed by atoms with van der Waals surface area (Å²) in [5.41, 5.74) is 2.76. The maximum absolute atomic E-state index is 13.5. The van der Waals surface area contributed by atoms with Gasteiger partial charge in [-0.25, -0.2) is 9.78 Å². The van der Waals surface area contributed by atoms with Crippen molar-refractivity contribution in [2.45, 2.75) is 46.0 Å². The summed E-state index contributed by atoms with van der Waals surface area (Å²) in [7, 11) is 0. The van der Waals surface area contributed by atoms with E-state index in [1.807, 2.05) is 19.9 Å². The van der Waals surface area contributed by atoms with E-state index >= 15 is 0 Å². The number of fused-ring (bicyclic) bond motifs is 2. The summed E-state index contributed by atoms with van der Waals surface area (Å²) in [6.07, 6.45) is -3.47. The van der Waals surface area contributed by atoms with Crippen LogP contribution in [-0.4, -0.2) is 79.0 Å². The third-order valence-corrected chi connectivity index (χ3v) is 9.32. The van der Waals surface area contributed by atoms with Crippen molar-refractivity contribution < 1.29 is 42.6 Å². The number of halogens is 3. The predicted molar refractivity (Wildman–Crippen MR) is 149 cm³/mol. The highest BCUT2D eigenvalue weighted by molar-refractivity contribution is 7.19. The van der Waals surface area contributed by atoms with E-state index < -0.39 is 18.2 Å². The van der Waals surface area contributed by atoms with Gasteiger partial charge in [-0.1, -0.05) is 13.8 Å². The molecule has 3 aromatic heterocycles. The molecule has 3 amide bonds. The zero-order valence-corrected chi connectivity index (χ0v) is 24.5. The number of thiophene rings is 1. The van der Waals surface area contributed by atoms with Crippen molar-refractivity contribution in [3.63, 3.8) is 0 Å². The number of aryl methyl sites for hydroxylation is 1. The summed E-state index contributed by atoms with van der Waals surface area (Å²) >= 11 is 1.42. The number of aliphatic hydroxyl groups is 1. The van der Waals surface area contributed by atoms with Gasteiger partial charge in [0, 0.05) is 35.3 Å². The second-order valence-electron chi connectivity index (χ2n) is 11.4. The fourth-order valence-corrected chi connectivity index (χ4v) is 7.02. The van der Waals surface area contributed by atoms with Crippen LogP contribution < -0.4 is 0 Å². The molecule has 3 atom stereocenters. The van der Waals surface area contributed by atoms with Crippen LogP contribution in [0.5, 0.6) is 0 Å². The SMILES string of the molecule is Cc1nc(C#N)cc(-c2ccnc3cc(CN4C(=O)C5C(C4=O)C5(C)C)sc23)c1C(=O)N1CC[C@H](O)C1.O=C(O)C(F)(F)F. The van der Waals surface area contributed by atoms with Crippen LogP contribution in [0.1, 0.15) is 46.9 Å². The topological polar surface area (TPSA) is 165 Å². The molecule has 11 nitrogen and oxygen atoms in total.